The van der Waals surface area contributed by atoms with Gasteiger partial charge in [-0.15, -0.1) is 0 Å². The third kappa shape index (κ3) is 5.76. The van der Waals surface area contributed by atoms with E-state index in [1.165, 1.54) is 7.11 Å². The molecule has 1 aromatic rings. The maximum atomic E-state index is 12.0. The third-order valence-electron chi connectivity index (χ3n) is 3.23. The number of hydrogen-bond donors (Lipinski definition) is 1. The van der Waals surface area contributed by atoms with Gasteiger partial charge in [0.2, 0.25) is 0 Å². The molecular weight excluding hydrogens is 282 g/mol. The number of carbonyl (C=O) groups is 2. The van der Waals surface area contributed by atoms with Crippen LogP contribution in [-0.4, -0.2) is 31.6 Å². The van der Waals surface area contributed by atoms with Crippen molar-refractivity contribution in [3.8, 4) is 5.75 Å². The second-order valence-corrected chi connectivity index (χ2v) is 5.83. The lowest BCUT2D eigenvalue weighted by molar-refractivity contribution is -0.145. The Kier molecular flexibility index (Phi) is 6.89. The second kappa shape index (κ2) is 8.41. The van der Waals surface area contributed by atoms with E-state index < -0.39 is 12.0 Å². The van der Waals surface area contributed by atoms with Crippen LogP contribution in [0, 0.1) is 19.8 Å². The summed E-state index contributed by atoms with van der Waals surface area (Å²) >= 11 is 0. The molecule has 0 aromatic heterocycles. The first kappa shape index (κ1) is 18.0. The van der Waals surface area contributed by atoms with Crippen molar-refractivity contribution in [1.82, 2.24) is 5.32 Å². The second-order valence-electron chi connectivity index (χ2n) is 5.83. The van der Waals surface area contributed by atoms with E-state index in [1.54, 1.807) is 0 Å². The van der Waals surface area contributed by atoms with Crippen LogP contribution in [0.2, 0.25) is 0 Å². The number of benzene rings is 1. The molecule has 1 rings (SSSR count). The molecule has 1 N–H and O–H groups in total. The normalized spacial score (nSPS) is 11.9. The molecule has 5 nitrogen and oxygen atoms in total. The fourth-order valence-corrected chi connectivity index (χ4v) is 2.07. The summed E-state index contributed by atoms with van der Waals surface area (Å²) in [5.74, 6) is 0.170. The first-order chi connectivity index (χ1) is 10.3. The van der Waals surface area contributed by atoms with E-state index in [2.05, 4.69) is 5.32 Å². The third-order valence-corrected chi connectivity index (χ3v) is 3.23. The molecule has 0 fully saturated rings. The predicted octanol–water partition coefficient (Wildman–Crippen LogP) is 2.39. The van der Waals surface area contributed by atoms with Gasteiger partial charge in [0.15, 0.2) is 6.61 Å². The fourth-order valence-electron chi connectivity index (χ4n) is 2.07. The summed E-state index contributed by atoms with van der Waals surface area (Å²) in [6.45, 7) is 7.71. The van der Waals surface area contributed by atoms with E-state index in [4.69, 9.17) is 9.47 Å². The molecule has 0 aliphatic carbocycles. The average molecular weight is 307 g/mol. The zero-order valence-electron chi connectivity index (χ0n) is 13.9. The van der Waals surface area contributed by atoms with Crippen LogP contribution < -0.4 is 10.1 Å². The van der Waals surface area contributed by atoms with E-state index in [1.807, 2.05) is 45.9 Å². The molecule has 5 heteroatoms. The molecular formula is C17H25NO4. The van der Waals surface area contributed by atoms with Gasteiger partial charge in [-0.05, 0) is 43.4 Å². The van der Waals surface area contributed by atoms with Crippen molar-refractivity contribution in [3.63, 3.8) is 0 Å². The molecule has 0 heterocycles. The van der Waals surface area contributed by atoms with Crippen LogP contribution in [0.1, 0.15) is 31.4 Å². The van der Waals surface area contributed by atoms with Gasteiger partial charge in [-0.25, -0.2) is 4.79 Å². The standard InChI is InChI=1S/C17H25NO4/c1-11(2)8-14(17(20)21-5)18-16(19)10-22-15-9-12(3)6-7-13(15)4/h6-7,9,11,14H,8,10H2,1-5H3,(H,18,19). The minimum absolute atomic E-state index is 0.129. The minimum atomic E-state index is -0.639. The number of carbonyl (C=O) groups excluding carboxylic acids is 2. The number of rotatable bonds is 7. The molecule has 1 amide bonds. The van der Waals surface area contributed by atoms with E-state index >= 15 is 0 Å². The van der Waals surface area contributed by atoms with Gasteiger partial charge in [-0.3, -0.25) is 4.79 Å². The summed E-state index contributed by atoms with van der Waals surface area (Å²) in [5, 5.41) is 2.66. The van der Waals surface area contributed by atoms with Crippen molar-refractivity contribution in [2.75, 3.05) is 13.7 Å². The number of aryl methyl sites for hydroxylation is 2. The van der Waals surface area contributed by atoms with Gasteiger partial charge in [0.1, 0.15) is 11.8 Å². The number of amides is 1. The molecule has 0 saturated carbocycles. The van der Waals surface area contributed by atoms with Crippen LogP contribution in [0.4, 0.5) is 0 Å². The summed E-state index contributed by atoms with van der Waals surface area (Å²) in [5.41, 5.74) is 2.03. The van der Waals surface area contributed by atoms with Gasteiger partial charge in [-0.1, -0.05) is 26.0 Å². The summed E-state index contributed by atoms with van der Waals surface area (Å²) < 4.78 is 10.3. The predicted molar refractivity (Wildman–Crippen MR) is 84.8 cm³/mol. The first-order valence-corrected chi connectivity index (χ1v) is 7.40. The lowest BCUT2D eigenvalue weighted by Crippen LogP contribution is -2.44. The summed E-state index contributed by atoms with van der Waals surface area (Å²) in [6.07, 6.45) is 0.530. The molecule has 0 aliphatic heterocycles. The Bertz CT molecular complexity index is 525. The highest BCUT2D eigenvalue weighted by molar-refractivity contribution is 5.85. The van der Waals surface area contributed by atoms with Crippen LogP contribution in [0.5, 0.6) is 5.75 Å². The van der Waals surface area contributed by atoms with Gasteiger partial charge in [0.25, 0.3) is 5.91 Å². The first-order valence-electron chi connectivity index (χ1n) is 7.40. The van der Waals surface area contributed by atoms with Crippen LogP contribution >= 0.6 is 0 Å². The number of esters is 1. The van der Waals surface area contributed by atoms with E-state index in [0.717, 1.165) is 11.1 Å². The minimum Gasteiger partial charge on any atom is -0.483 e. The van der Waals surface area contributed by atoms with E-state index in [-0.39, 0.29) is 18.4 Å². The van der Waals surface area contributed by atoms with Crippen molar-refractivity contribution in [2.45, 2.75) is 40.2 Å². The molecule has 22 heavy (non-hydrogen) atoms. The fraction of sp³-hybridized carbons (Fsp3) is 0.529. The maximum Gasteiger partial charge on any atom is 0.328 e. The molecule has 0 aliphatic rings. The Morgan fingerprint density at radius 3 is 2.50 bits per heavy atom. The van der Waals surface area contributed by atoms with Crippen molar-refractivity contribution in [2.24, 2.45) is 5.92 Å². The monoisotopic (exact) mass is 307 g/mol. The largest absolute Gasteiger partial charge is 0.483 e. The maximum absolute atomic E-state index is 12.0. The van der Waals surface area contributed by atoms with Crippen molar-refractivity contribution in [3.05, 3.63) is 29.3 Å². The molecule has 1 unspecified atom stereocenters. The molecule has 122 valence electrons. The van der Waals surface area contributed by atoms with E-state index in [0.29, 0.717) is 12.2 Å². The lowest BCUT2D eigenvalue weighted by Gasteiger charge is -2.18. The highest BCUT2D eigenvalue weighted by Crippen LogP contribution is 2.18. The van der Waals surface area contributed by atoms with Crippen LogP contribution in [0.3, 0.4) is 0 Å². The van der Waals surface area contributed by atoms with Crippen molar-refractivity contribution >= 4 is 11.9 Å². The Labute approximate surface area is 132 Å². The lowest BCUT2D eigenvalue weighted by atomic mass is 10.0. The Hall–Kier alpha value is -2.04. The quantitative estimate of drug-likeness (QED) is 0.786. The zero-order valence-corrected chi connectivity index (χ0v) is 13.9. The zero-order chi connectivity index (χ0) is 16.7. The summed E-state index contributed by atoms with van der Waals surface area (Å²) in [6, 6.07) is 5.17. The SMILES string of the molecule is COC(=O)C(CC(C)C)NC(=O)COc1cc(C)ccc1C. The Balaban J connectivity index is 2.60. The number of hydrogen-bond acceptors (Lipinski definition) is 4. The molecule has 0 radical (unpaired) electrons. The Morgan fingerprint density at radius 1 is 1.23 bits per heavy atom. The molecule has 0 bridgehead atoms. The highest BCUT2D eigenvalue weighted by atomic mass is 16.5. The Morgan fingerprint density at radius 2 is 1.91 bits per heavy atom. The topological polar surface area (TPSA) is 64.6 Å². The van der Waals surface area contributed by atoms with Gasteiger partial charge in [0.05, 0.1) is 7.11 Å². The van der Waals surface area contributed by atoms with Crippen molar-refractivity contribution in [1.29, 1.82) is 0 Å². The van der Waals surface area contributed by atoms with Gasteiger partial charge < -0.3 is 14.8 Å². The average Bonchev–Trinajstić information content (AvgIpc) is 2.46. The van der Waals surface area contributed by atoms with Crippen molar-refractivity contribution < 1.29 is 19.1 Å². The van der Waals surface area contributed by atoms with Gasteiger partial charge in [-0.2, -0.15) is 0 Å². The number of methoxy groups -OCH3 is 1. The molecule has 0 saturated heterocycles. The molecule has 0 spiro atoms. The highest BCUT2D eigenvalue weighted by Gasteiger charge is 2.22. The summed E-state index contributed by atoms with van der Waals surface area (Å²) in [4.78, 5) is 23.7. The van der Waals surface area contributed by atoms with Crippen LogP contribution in [0.25, 0.3) is 0 Å². The smallest absolute Gasteiger partial charge is 0.328 e. The van der Waals surface area contributed by atoms with Gasteiger partial charge in [0, 0.05) is 0 Å². The van der Waals surface area contributed by atoms with E-state index in [9.17, 15) is 9.59 Å². The molecule has 1 atom stereocenters. The molecule has 1 aromatic carbocycles. The summed E-state index contributed by atoms with van der Waals surface area (Å²) in [7, 11) is 1.31. The van der Waals surface area contributed by atoms with Gasteiger partial charge >= 0.3 is 5.97 Å². The van der Waals surface area contributed by atoms with Crippen LogP contribution in [0.15, 0.2) is 18.2 Å². The number of nitrogens with one attached hydrogen (secondary N) is 1. The number of ether oxygens (including phenoxy) is 2. The van der Waals surface area contributed by atoms with Crippen LogP contribution in [-0.2, 0) is 14.3 Å².